The molecule has 0 aliphatic heterocycles. The number of benzene rings is 1. The third kappa shape index (κ3) is 2.15. The molecule has 0 bridgehead atoms. The minimum atomic E-state index is 0.930. The van der Waals surface area contributed by atoms with Crippen molar-refractivity contribution < 1.29 is 0 Å². The quantitative estimate of drug-likeness (QED) is 0.771. The Bertz CT molecular complexity index is 673. The van der Waals surface area contributed by atoms with Crippen molar-refractivity contribution >= 4 is 22.2 Å². The average molecular weight is 254 g/mol. The van der Waals surface area contributed by atoms with E-state index < -0.39 is 0 Å². The lowest BCUT2D eigenvalue weighted by Gasteiger charge is -2.00. The first-order valence-corrected chi connectivity index (χ1v) is 6.77. The van der Waals surface area contributed by atoms with Gasteiger partial charge in [0.15, 0.2) is 0 Å². The van der Waals surface area contributed by atoms with Crippen LogP contribution in [0.3, 0.4) is 0 Å². The van der Waals surface area contributed by atoms with Crippen molar-refractivity contribution in [2.75, 3.05) is 7.05 Å². The van der Waals surface area contributed by atoms with Gasteiger partial charge in [0.25, 0.3) is 0 Å². The van der Waals surface area contributed by atoms with Crippen LogP contribution in [0.5, 0.6) is 0 Å². The van der Waals surface area contributed by atoms with Crippen molar-refractivity contribution in [3.8, 4) is 10.4 Å². The zero-order valence-corrected chi connectivity index (χ0v) is 11.0. The fourth-order valence-electron chi connectivity index (χ4n) is 2.03. The van der Waals surface area contributed by atoms with Crippen LogP contribution >= 0.6 is 11.3 Å². The Morgan fingerprint density at radius 1 is 1.17 bits per heavy atom. The average Bonchev–Trinajstić information content (AvgIpc) is 2.87. The van der Waals surface area contributed by atoms with Gasteiger partial charge in [0.05, 0.1) is 5.52 Å². The molecular weight excluding hydrogens is 240 g/mol. The van der Waals surface area contributed by atoms with Crippen molar-refractivity contribution in [1.29, 1.82) is 0 Å². The van der Waals surface area contributed by atoms with Gasteiger partial charge in [-0.3, -0.25) is 4.98 Å². The summed E-state index contributed by atoms with van der Waals surface area (Å²) < 4.78 is 0. The fraction of sp³-hybridized carbons (Fsp3) is 0.133. The highest BCUT2D eigenvalue weighted by Gasteiger charge is 2.03. The molecule has 0 saturated carbocycles. The molecule has 90 valence electrons. The molecule has 1 N–H and O–H groups in total. The molecule has 0 aliphatic carbocycles. The largest absolute Gasteiger partial charge is 0.315 e. The summed E-state index contributed by atoms with van der Waals surface area (Å²) in [4.78, 5) is 7.02. The Morgan fingerprint density at radius 3 is 3.00 bits per heavy atom. The van der Waals surface area contributed by atoms with Crippen LogP contribution in [0.1, 0.15) is 4.88 Å². The minimum Gasteiger partial charge on any atom is -0.315 e. The molecule has 2 nitrogen and oxygen atoms in total. The van der Waals surface area contributed by atoms with Gasteiger partial charge in [-0.2, -0.15) is 0 Å². The second-order valence-electron chi connectivity index (χ2n) is 4.21. The molecule has 18 heavy (non-hydrogen) atoms. The summed E-state index contributed by atoms with van der Waals surface area (Å²) in [6, 6.07) is 14.9. The maximum Gasteiger partial charge on any atom is 0.0702 e. The summed E-state index contributed by atoms with van der Waals surface area (Å²) in [5.41, 5.74) is 2.32. The summed E-state index contributed by atoms with van der Waals surface area (Å²) in [5.74, 6) is 0. The van der Waals surface area contributed by atoms with E-state index in [9.17, 15) is 0 Å². The number of fused-ring (bicyclic) bond motifs is 1. The monoisotopic (exact) mass is 254 g/mol. The Labute approximate surface area is 110 Å². The molecule has 1 aromatic carbocycles. The van der Waals surface area contributed by atoms with E-state index in [-0.39, 0.29) is 0 Å². The number of hydrogen-bond acceptors (Lipinski definition) is 3. The second kappa shape index (κ2) is 4.88. The topological polar surface area (TPSA) is 24.9 Å². The van der Waals surface area contributed by atoms with Crippen LogP contribution in [0.4, 0.5) is 0 Å². The van der Waals surface area contributed by atoms with Gasteiger partial charge in [0.2, 0.25) is 0 Å². The van der Waals surface area contributed by atoms with E-state index in [1.807, 2.05) is 30.6 Å². The molecule has 0 atom stereocenters. The summed E-state index contributed by atoms with van der Waals surface area (Å²) in [6.07, 6.45) is 1.83. The summed E-state index contributed by atoms with van der Waals surface area (Å²) in [6.45, 7) is 0.930. The van der Waals surface area contributed by atoms with E-state index in [0.29, 0.717) is 0 Å². The van der Waals surface area contributed by atoms with Crippen molar-refractivity contribution in [1.82, 2.24) is 10.3 Å². The molecule has 0 fully saturated rings. The lowest BCUT2D eigenvalue weighted by atomic mass is 10.1. The van der Waals surface area contributed by atoms with Gasteiger partial charge in [-0.25, -0.2) is 0 Å². The Kier molecular flexibility index (Phi) is 3.09. The van der Waals surface area contributed by atoms with Gasteiger partial charge in [-0.1, -0.05) is 12.1 Å². The second-order valence-corrected chi connectivity index (χ2v) is 5.38. The molecule has 0 amide bonds. The Hall–Kier alpha value is -1.71. The van der Waals surface area contributed by atoms with E-state index in [0.717, 1.165) is 12.1 Å². The van der Waals surface area contributed by atoms with Gasteiger partial charge in [-0.05, 0) is 42.9 Å². The minimum absolute atomic E-state index is 0.930. The zero-order valence-electron chi connectivity index (χ0n) is 10.2. The molecule has 3 aromatic rings. The predicted octanol–water partition coefficient (Wildman–Crippen LogP) is 3.68. The third-order valence-electron chi connectivity index (χ3n) is 2.90. The summed E-state index contributed by atoms with van der Waals surface area (Å²) in [5, 5.41) is 4.37. The van der Waals surface area contributed by atoms with E-state index in [1.54, 1.807) is 0 Å². The van der Waals surface area contributed by atoms with Crippen LogP contribution < -0.4 is 5.32 Å². The molecule has 2 heterocycles. The Balaban J connectivity index is 2.02. The number of nitrogens with one attached hydrogen (secondary N) is 1. The van der Waals surface area contributed by atoms with Crippen LogP contribution in [0, 0.1) is 0 Å². The number of aromatic nitrogens is 1. The highest BCUT2D eigenvalue weighted by molar-refractivity contribution is 7.15. The van der Waals surface area contributed by atoms with E-state index in [4.69, 9.17) is 0 Å². The van der Waals surface area contributed by atoms with Crippen molar-refractivity contribution in [3.05, 3.63) is 53.5 Å². The summed E-state index contributed by atoms with van der Waals surface area (Å²) >= 11 is 1.84. The molecule has 0 saturated heterocycles. The Morgan fingerprint density at radius 2 is 2.11 bits per heavy atom. The van der Waals surface area contributed by atoms with E-state index >= 15 is 0 Å². The third-order valence-corrected chi connectivity index (χ3v) is 4.03. The summed E-state index contributed by atoms with van der Waals surface area (Å²) in [7, 11) is 1.97. The highest BCUT2D eigenvalue weighted by atomic mass is 32.1. The van der Waals surface area contributed by atoms with Crippen LogP contribution in [-0.2, 0) is 6.54 Å². The zero-order chi connectivity index (χ0) is 12.4. The highest BCUT2D eigenvalue weighted by Crippen LogP contribution is 2.29. The number of nitrogens with zero attached hydrogens (tertiary/aromatic N) is 1. The number of hydrogen-bond donors (Lipinski definition) is 1. The normalized spacial score (nSPS) is 10.9. The standard InChI is InChI=1S/C15H14N2S/c1-16-10-13-5-7-15(18-13)12-4-6-14-11(9-12)3-2-8-17-14/h2-9,16H,10H2,1H3. The fourth-order valence-corrected chi connectivity index (χ4v) is 3.05. The first-order valence-electron chi connectivity index (χ1n) is 5.95. The van der Waals surface area contributed by atoms with E-state index in [1.165, 1.54) is 20.7 Å². The lowest BCUT2D eigenvalue weighted by molar-refractivity contribution is 0.831. The maximum absolute atomic E-state index is 4.34. The molecule has 3 rings (SSSR count). The van der Waals surface area contributed by atoms with Gasteiger partial charge in [-0.15, -0.1) is 11.3 Å². The van der Waals surface area contributed by atoms with Gasteiger partial charge in [0, 0.05) is 27.9 Å². The van der Waals surface area contributed by atoms with Crippen LogP contribution in [0.25, 0.3) is 21.3 Å². The predicted molar refractivity (Wildman–Crippen MR) is 77.8 cm³/mol. The molecule has 0 spiro atoms. The van der Waals surface area contributed by atoms with Crippen LogP contribution in [-0.4, -0.2) is 12.0 Å². The molecule has 0 radical (unpaired) electrons. The first kappa shape index (κ1) is 11.4. The smallest absolute Gasteiger partial charge is 0.0702 e. The van der Waals surface area contributed by atoms with Crippen molar-refractivity contribution in [3.63, 3.8) is 0 Å². The lowest BCUT2D eigenvalue weighted by Crippen LogP contribution is -2.02. The molecule has 0 aliphatic rings. The molecule has 2 aromatic heterocycles. The van der Waals surface area contributed by atoms with Gasteiger partial charge < -0.3 is 5.32 Å². The van der Waals surface area contributed by atoms with Gasteiger partial charge in [0.1, 0.15) is 0 Å². The molecular formula is C15H14N2S. The number of thiophene rings is 1. The number of rotatable bonds is 3. The number of pyridine rings is 1. The van der Waals surface area contributed by atoms with Gasteiger partial charge >= 0.3 is 0 Å². The maximum atomic E-state index is 4.34. The van der Waals surface area contributed by atoms with Crippen LogP contribution in [0.2, 0.25) is 0 Å². The van der Waals surface area contributed by atoms with E-state index in [2.05, 4.69) is 46.7 Å². The van der Waals surface area contributed by atoms with Crippen molar-refractivity contribution in [2.24, 2.45) is 0 Å². The van der Waals surface area contributed by atoms with Crippen molar-refractivity contribution in [2.45, 2.75) is 6.54 Å². The molecule has 0 unspecified atom stereocenters. The first-order chi connectivity index (χ1) is 8.86. The molecule has 3 heteroatoms. The van der Waals surface area contributed by atoms with Crippen LogP contribution in [0.15, 0.2) is 48.7 Å². The SMILES string of the molecule is CNCc1ccc(-c2ccc3ncccc3c2)s1.